The molecule has 0 aliphatic carbocycles. The maximum atomic E-state index is 11.3. The van der Waals surface area contributed by atoms with Gasteiger partial charge in [-0.15, -0.1) is 0 Å². The summed E-state index contributed by atoms with van der Waals surface area (Å²) in [5.74, 6) is -1.13. The lowest BCUT2D eigenvalue weighted by atomic mass is 9.90. The lowest BCUT2D eigenvalue weighted by Crippen LogP contribution is -2.32. The van der Waals surface area contributed by atoms with Gasteiger partial charge in [0.15, 0.2) is 0 Å². The minimum Gasteiger partial charge on any atom is -0.481 e. The number of carboxylic acid groups (broad SMARTS) is 1. The first-order valence-electron chi connectivity index (χ1n) is 5.62. The van der Waals surface area contributed by atoms with E-state index in [4.69, 9.17) is 0 Å². The van der Waals surface area contributed by atoms with Crippen molar-refractivity contribution in [2.24, 2.45) is 5.92 Å². The first-order chi connectivity index (χ1) is 7.97. The first-order valence-corrected chi connectivity index (χ1v) is 6.41. The van der Waals surface area contributed by atoms with Gasteiger partial charge in [0.25, 0.3) is 0 Å². The molecule has 0 saturated heterocycles. The molecule has 0 heterocycles. The lowest BCUT2D eigenvalue weighted by Gasteiger charge is -2.29. The first kappa shape index (κ1) is 14.2. The molecule has 0 aliphatic rings. The van der Waals surface area contributed by atoms with Gasteiger partial charge in [-0.2, -0.15) is 0 Å². The summed E-state index contributed by atoms with van der Waals surface area (Å²) < 4.78 is 0.974. The van der Waals surface area contributed by atoms with Gasteiger partial charge >= 0.3 is 5.97 Å². The molecule has 2 atom stereocenters. The number of carbonyl (C=O) groups is 1. The van der Waals surface area contributed by atoms with Crippen molar-refractivity contribution in [3.63, 3.8) is 0 Å². The zero-order valence-corrected chi connectivity index (χ0v) is 11.9. The molecule has 0 fully saturated rings. The van der Waals surface area contributed by atoms with E-state index in [9.17, 15) is 9.90 Å². The Morgan fingerprint density at radius 1 is 1.47 bits per heavy atom. The Morgan fingerprint density at radius 2 is 2.12 bits per heavy atom. The third-order valence-electron chi connectivity index (χ3n) is 2.88. The molecule has 4 heteroatoms. The minimum absolute atomic E-state index is 0.102. The second kappa shape index (κ2) is 6.17. The fourth-order valence-corrected chi connectivity index (χ4v) is 2.53. The Morgan fingerprint density at radius 3 is 2.53 bits per heavy atom. The van der Waals surface area contributed by atoms with E-state index >= 15 is 0 Å². The molecule has 0 saturated carbocycles. The van der Waals surface area contributed by atoms with Gasteiger partial charge in [-0.1, -0.05) is 35.0 Å². The Balaban J connectivity index is 3.12. The molecule has 0 bridgehead atoms. The van der Waals surface area contributed by atoms with E-state index < -0.39 is 5.97 Å². The van der Waals surface area contributed by atoms with Crippen LogP contribution >= 0.6 is 15.9 Å². The molecule has 3 nitrogen and oxygen atoms in total. The fourth-order valence-electron chi connectivity index (χ4n) is 2.11. The number of hydrogen-bond acceptors (Lipinski definition) is 2. The molecular weight excluding hydrogens is 282 g/mol. The SMILES string of the molecule is CCC(C(=O)O)C(c1cccc(Br)c1)N(C)C. The van der Waals surface area contributed by atoms with Crippen LogP contribution in [0, 0.1) is 5.92 Å². The number of benzene rings is 1. The van der Waals surface area contributed by atoms with Crippen molar-refractivity contribution in [3.05, 3.63) is 34.3 Å². The quantitative estimate of drug-likeness (QED) is 0.908. The molecule has 0 aliphatic heterocycles. The summed E-state index contributed by atoms with van der Waals surface area (Å²) in [6.45, 7) is 1.91. The second-order valence-electron chi connectivity index (χ2n) is 4.32. The number of halogens is 1. The van der Waals surface area contributed by atoms with E-state index in [1.165, 1.54) is 0 Å². The van der Waals surface area contributed by atoms with Crippen LogP contribution < -0.4 is 0 Å². The molecule has 17 heavy (non-hydrogen) atoms. The van der Waals surface area contributed by atoms with Crippen LogP contribution in [0.2, 0.25) is 0 Å². The summed E-state index contributed by atoms with van der Waals surface area (Å²) in [6.07, 6.45) is 0.616. The van der Waals surface area contributed by atoms with Crippen molar-refractivity contribution in [1.82, 2.24) is 4.90 Å². The van der Waals surface area contributed by atoms with Crippen molar-refractivity contribution in [3.8, 4) is 0 Å². The van der Waals surface area contributed by atoms with E-state index in [1.54, 1.807) is 0 Å². The fraction of sp³-hybridized carbons (Fsp3) is 0.462. The number of nitrogens with zero attached hydrogens (tertiary/aromatic N) is 1. The molecule has 0 amide bonds. The van der Waals surface area contributed by atoms with Crippen LogP contribution in [0.15, 0.2) is 28.7 Å². The minimum atomic E-state index is -0.744. The molecule has 1 N–H and O–H groups in total. The average molecular weight is 300 g/mol. The number of hydrogen-bond donors (Lipinski definition) is 1. The van der Waals surface area contributed by atoms with E-state index in [-0.39, 0.29) is 12.0 Å². The third-order valence-corrected chi connectivity index (χ3v) is 3.38. The van der Waals surface area contributed by atoms with Crippen molar-refractivity contribution in [2.75, 3.05) is 14.1 Å². The molecular formula is C13H18BrNO2. The highest BCUT2D eigenvalue weighted by molar-refractivity contribution is 9.10. The largest absolute Gasteiger partial charge is 0.481 e. The number of carboxylic acids is 1. The van der Waals surface area contributed by atoms with Crippen LogP contribution in [-0.4, -0.2) is 30.1 Å². The van der Waals surface area contributed by atoms with Crippen LogP contribution in [0.3, 0.4) is 0 Å². The number of rotatable bonds is 5. The highest BCUT2D eigenvalue weighted by atomic mass is 79.9. The zero-order chi connectivity index (χ0) is 13.0. The second-order valence-corrected chi connectivity index (χ2v) is 5.23. The summed E-state index contributed by atoms with van der Waals surface area (Å²) in [7, 11) is 3.83. The Labute approximate surface area is 111 Å². The monoisotopic (exact) mass is 299 g/mol. The smallest absolute Gasteiger partial charge is 0.308 e. The summed E-state index contributed by atoms with van der Waals surface area (Å²) >= 11 is 3.42. The van der Waals surface area contributed by atoms with Crippen molar-refractivity contribution in [2.45, 2.75) is 19.4 Å². The Bertz CT molecular complexity index is 393. The van der Waals surface area contributed by atoms with Crippen LogP contribution in [0.5, 0.6) is 0 Å². The van der Waals surface area contributed by atoms with Gasteiger partial charge < -0.3 is 10.0 Å². The van der Waals surface area contributed by atoms with Crippen LogP contribution in [-0.2, 0) is 4.79 Å². The molecule has 1 aromatic rings. The number of aliphatic carboxylic acids is 1. The Kier molecular flexibility index (Phi) is 5.15. The van der Waals surface area contributed by atoms with Gasteiger partial charge in [0, 0.05) is 10.5 Å². The summed E-state index contributed by atoms with van der Waals surface area (Å²) in [6, 6.07) is 7.73. The molecule has 1 aromatic carbocycles. The van der Waals surface area contributed by atoms with Crippen LogP contribution in [0.1, 0.15) is 24.9 Å². The highest BCUT2D eigenvalue weighted by Crippen LogP contribution is 2.30. The van der Waals surface area contributed by atoms with Gasteiger partial charge in [0.05, 0.1) is 5.92 Å². The van der Waals surface area contributed by atoms with Gasteiger partial charge in [-0.3, -0.25) is 4.79 Å². The molecule has 94 valence electrons. The van der Waals surface area contributed by atoms with Crippen LogP contribution in [0.25, 0.3) is 0 Å². The van der Waals surface area contributed by atoms with Crippen molar-refractivity contribution < 1.29 is 9.90 Å². The predicted octanol–water partition coefficient (Wildman–Crippen LogP) is 3.16. The maximum Gasteiger partial charge on any atom is 0.308 e. The molecule has 1 rings (SSSR count). The van der Waals surface area contributed by atoms with E-state index in [0.29, 0.717) is 6.42 Å². The van der Waals surface area contributed by atoms with Crippen LogP contribution in [0.4, 0.5) is 0 Å². The molecule has 0 spiro atoms. The standard InChI is InChI=1S/C13H18BrNO2/c1-4-11(13(16)17)12(15(2)3)9-6-5-7-10(14)8-9/h5-8,11-12H,4H2,1-3H3,(H,16,17). The highest BCUT2D eigenvalue weighted by Gasteiger charge is 2.29. The van der Waals surface area contributed by atoms with E-state index in [1.807, 2.05) is 50.2 Å². The Hall–Kier alpha value is -0.870. The van der Waals surface area contributed by atoms with Gasteiger partial charge in [0.2, 0.25) is 0 Å². The maximum absolute atomic E-state index is 11.3. The average Bonchev–Trinajstić information content (AvgIpc) is 2.24. The third kappa shape index (κ3) is 3.54. The van der Waals surface area contributed by atoms with Crippen molar-refractivity contribution in [1.29, 1.82) is 0 Å². The molecule has 0 aromatic heterocycles. The summed E-state index contributed by atoms with van der Waals surface area (Å²) in [5, 5.41) is 9.28. The van der Waals surface area contributed by atoms with Gasteiger partial charge in [-0.25, -0.2) is 0 Å². The summed E-state index contributed by atoms with van der Waals surface area (Å²) in [4.78, 5) is 13.3. The predicted molar refractivity (Wildman–Crippen MR) is 72.0 cm³/mol. The molecule has 2 unspecified atom stereocenters. The van der Waals surface area contributed by atoms with E-state index in [2.05, 4.69) is 15.9 Å². The molecule has 0 radical (unpaired) electrons. The normalized spacial score (nSPS) is 14.6. The summed E-state index contributed by atoms with van der Waals surface area (Å²) in [5.41, 5.74) is 1.03. The zero-order valence-electron chi connectivity index (χ0n) is 10.4. The van der Waals surface area contributed by atoms with Crippen molar-refractivity contribution >= 4 is 21.9 Å². The van der Waals surface area contributed by atoms with Gasteiger partial charge in [-0.05, 0) is 38.2 Å². The van der Waals surface area contributed by atoms with Gasteiger partial charge in [0.1, 0.15) is 0 Å². The van der Waals surface area contributed by atoms with E-state index in [0.717, 1.165) is 10.0 Å². The lowest BCUT2D eigenvalue weighted by molar-refractivity contribution is -0.144. The topological polar surface area (TPSA) is 40.5 Å².